The van der Waals surface area contributed by atoms with E-state index in [1.54, 1.807) is 30.5 Å². The van der Waals surface area contributed by atoms with Crippen molar-refractivity contribution >= 4 is 17.3 Å². The number of nitrogens with two attached hydrogens (primary N) is 1. The van der Waals surface area contributed by atoms with Crippen LogP contribution in [0.25, 0.3) is 0 Å². The van der Waals surface area contributed by atoms with E-state index in [4.69, 9.17) is 12.2 Å². The van der Waals surface area contributed by atoms with Gasteiger partial charge < -0.3 is 11.1 Å². The lowest BCUT2D eigenvalue weighted by Crippen LogP contribution is -2.19. The van der Waals surface area contributed by atoms with Gasteiger partial charge in [0.05, 0.1) is 11.9 Å². The fourth-order valence-electron chi connectivity index (χ4n) is 1.50. The van der Waals surface area contributed by atoms with Gasteiger partial charge in [-0.15, -0.1) is 6.42 Å². The average molecular weight is 240 g/mol. The molecule has 1 aromatic carbocycles. The number of nitrogens with one attached hydrogen (secondary N) is 1. The average Bonchev–Trinajstić information content (AvgIpc) is 2.74. The van der Waals surface area contributed by atoms with E-state index in [9.17, 15) is 4.79 Å². The molecule has 90 valence electrons. The first kappa shape index (κ1) is 11.7. The number of benzene rings is 1. The Bertz CT molecular complexity index is 609. The van der Waals surface area contributed by atoms with Crippen LogP contribution in [0.3, 0.4) is 0 Å². The van der Waals surface area contributed by atoms with Crippen molar-refractivity contribution in [3.05, 3.63) is 42.2 Å². The highest BCUT2D eigenvalue weighted by Crippen LogP contribution is 2.09. The van der Waals surface area contributed by atoms with Crippen molar-refractivity contribution in [1.82, 2.24) is 9.78 Å². The fraction of sp³-hybridized carbons (Fsp3) is 0.0769. The van der Waals surface area contributed by atoms with Gasteiger partial charge in [0.1, 0.15) is 6.54 Å². The molecule has 0 unspecified atom stereocenters. The summed E-state index contributed by atoms with van der Waals surface area (Å²) < 4.78 is 1.47. The van der Waals surface area contributed by atoms with Gasteiger partial charge in [-0.1, -0.05) is 12.0 Å². The summed E-state index contributed by atoms with van der Waals surface area (Å²) in [4.78, 5) is 11.7. The largest absolute Gasteiger partial charge is 0.396 e. The Hall–Kier alpha value is -2.74. The summed E-state index contributed by atoms with van der Waals surface area (Å²) in [5.41, 5.74) is 7.41. The van der Waals surface area contributed by atoms with Crippen LogP contribution in [0.1, 0.15) is 5.56 Å². The third-order valence-corrected chi connectivity index (χ3v) is 2.27. The standard InChI is InChI=1S/C13H12N4O/c1-2-10-4-3-5-12(6-10)16-13(18)9-17-8-11(14)7-15-17/h1,3-8H,9,14H2,(H,16,18). The van der Waals surface area contributed by atoms with Crippen LogP contribution in [0.2, 0.25) is 0 Å². The number of terminal acetylenes is 1. The molecular weight excluding hydrogens is 228 g/mol. The lowest BCUT2D eigenvalue weighted by atomic mass is 10.2. The first-order valence-corrected chi connectivity index (χ1v) is 5.32. The smallest absolute Gasteiger partial charge is 0.246 e. The first-order chi connectivity index (χ1) is 8.67. The van der Waals surface area contributed by atoms with Gasteiger partial charge in [0.2, 0.25) is 5.91 Å². The molecular formula is C13H12N4O. The maximum absolute atomic E-state index is 11.7. The van der Waals surface area contributed by atoms with Gasteiger partial charge in [0.25, 0.3) is 0 Å². The Labute approximate surface area is 105 Å². The van der Waals surface area contributed by atoms with Crippen LogP contribution in [0.4, 0.5) is 11.4 Å². The van der Waals surface area contributed by atoms with Crippen LogP contribution < -0.4 is 11.1 Å². The van der Waals surface area contributed by atoms with Gasteiger partial charge in [0.15, 0.2) is 0 Å². The summed E-state index contributed by atoms with van der Waals surface area (Å²) in [7, 11) is 0. The van der Waals surface area contributed by atoms with Crippen LogP contribution in [-0.2, 0) is 11.3 Å². The molecule has 1 amide bonds. The zero-order valence-corrected chi connectivity index (χ0v) is 9.63. The summed E-state index contributed by atoms with van der Waals surface area (Å²) in [6, 6.07) is 7.09. The molecule has 0 spiro atoms. The molecule has 0 aliphatic rings. The Morgan fingerprint density at radius 1 is 1.56 bits per heavy atom. The van der Waals surface area contributed by atoms with Crippen molar-refractivity contribution in [3.63, 3.8) is 0 Å². The van der Waals surface area contributed by atoms with E-state index in [1.165, 1.54) is 10.9 Å². The van der Waals surface area contributed by atoms with E-state index in [1.807, 2.05) is 0 Å². The van der Waals surface area contributed by atoms with Crippen molar-refractivity contribution in [1.29, 1.82) is 0 Å². The maximum Gasteiger partial charge on any atom is 0.246 e. The van der Waals surface area contributed by atoms with Crippen molar-refractivity contribution in [2.24, 2.45) is 0 Å². The summed E-state index contributed by atoms with van der Waals surface area (Å²) in [5, 5.41) is 6.67. The molecule has 0 radical (unpaired) electrons. The van der Waals surface area contributed by atoms with E-state index >= 15 is 0 Å². The monoisotopic (exact) mass is 240 g/mol. The molecule has 2 rings (SSSR count). The summed E-state index contributed by atoms with van der Waals surface area (Å²) in [6.45, 7) is 0.109. The van der Waals surface area contributed by atoms with E-state index in [0.717, 1.165) is 5.56 Å². The number of rotatable bonds is 3. The number of anilines is 2. The van der Waals surface area contributed by atoms with E-state index in [0.29, 0.717) is 11.4 Å². The highest BCUT2D eigenvalue weighted by molar-refractivity contribution is 5.90. The van der Waals surface area contributed by atoms with E-state index in [-0.39, 0.29) is 12.5 Å². The number of aromatic nitrogens is 2. The maximum atomic E-state index is 11.7. The van der Waals surface area contributed by atoms with Gasteiger partial charge >= 0.3 is 0 Å². The molecule has 18 heavy (non-hydrogen) atoms. The van der Waals surface area contributed by atoms with E-state index in [2.05, 4.69) is 16.3 Å². The zero-order chi connectivity index (χ0) is 13.0. The number of nitrogen functional groups attached to an aromatic ring is 1. The topological polar surface area (TPSA) is 72.9 Å². The molecule has 3 N–H and O–H groups in total. The molecule has 2 aromatic rings. The molecule has 0 aliphatic heterocycles. The zero-order valence-electron chi connectivity index (χ0n) is 9.63. The van der Waals surface area contributed by atoms with Crippen LogP contribution in [0.5, 0.6) is 0 Å². The minimum absolute atomic E-state index is 0.109. The second-order valence-electron chi connectivity index (χ2n) is 3.74. The van der Waals surface area contributed by atoms with Gasteiger partial charge in [-0.25, -0.2) is 0 Å². The number of amides is 1. The molecule has 5 heteroatoms. The van der Waals surface area contributed by atoms with Crippen LogP contribution in [0, 0.1) is 12.3 Å². The summed E-state index contributed by atoms with van der Waals surface area (Å²) in [6.07, 6.45) is 8.37. The SMILES string of the molecule is C#Cc1cccc(NC(=O)Cn2cc(N)cn2)c1. The third kappa shape index (κ3) is 2.89. The molecule has 0 saturated carbocycles. The van der Waals surface area contributed by atoms with Gasteiger partial charge in [-0.2, -0.15) is 5.10 Å². The Kier molecular flexibility index (Phi) is 3.30. The van der Waals surface area contributed by atoms with E-state index < -0.39 is 0 Å². The first-order valence-electron chi connectivity index (χ1n) is 5.32. The second kappa shape index (κ2) is 5.06. The Morgan fingerprint density at radius 3 is 3.06 bits per heavy atom. The third-order valence-electron chi connectivity index (χ3n) is 2.27. The van der Waals surface area contributed by atoms with Crippen molar-refractivity contribution in [2.75, 3.05) is 11.1 Å². The molecule has 0 saturated heterocycles. The van der Waals surface area contributed by atoms with Crippen molar-refractivity contribution < 1.29 is 4.79 Å². The quantitative estimate of drug-likeness (QED) is 0.789. The number of hydrogen-bond acceptors (Lipinski definition) is 3. The second-order valence-corrected chi connectivity index (χ2v) is 3.74. The minimum Gasteiger partial charge on any atom is -0.396 e. The molecule has 1 heterocycles. The normalized spacial score (nSPS) is 9.72. The molecule has 0 aliphatic carbocycles. The Balaban J connectivity index is 2.01. The van der Waals surface area contributed by atoms with Gasteiger partial charge in [-0.3, -0.25) is 9.48 Å². The van der Waals surface area contributed by atoms with Crippen LogP contribution >= 0.6 is 0 Å². The summed E-state index contributed by atoms with van der Waals surface area (Å²) in [5.74, 6) is 2.32. The molecule has 1 aromatic heterocycles. The molecule has 0 atom stereocenters. The number of carbonyl (C=O) groups excluding carboxylic acids is 1. The lowest BCUT2D eigenvalue weighted by molar-refractivity contribution is -0.116. The predicted octanol–water partition coefficient (Wildman–Crippen LogP) is 1.09. The number of carbonyl (C=O) groups is 1. The Morgan fingerprint density at radius 2 is 2.39 bits per heavy atom. The van der Waals surface area contributed by atoms with Crippen molar-refractivity contribution in [3.8, 4) is 12.3 Å². The van der Waals surface area contributed by atoms with Gasteiger partial charge in [0, 0.05) is 17.4 Å². The van der Waals surface area contributed by atoms with Crippen LogP contribution in [-0.4, -0.2) is 15.7 Å². The molecule has 0 bridgehead atoms. The fourth-order valence-corrected chi connectivity index (χ4v) is 1.50. The lowest BCUT2D eigenvalue weighted by Gasteiger charge is -2.05. The van der Waals surface area contributed by atoms with Crippen LogP contribution in [0.15, 0.2) is 36.7 Å². The van der Waals surface area contributed by atoms with Gasteiger partial charge in [-0.05, 0) is 18.2 Å². The minimum atomic E-state index is -0.188. The number of hydrogen-bond donors (Lipinski definition) is 2. The molecule has 5 nitrogen and oxygen atoms in total. The highest BCUT2D eigenvalue weighted by Gasteiger charge is 2.04. The van der Waals surface area contributed by atoms with Crippen molar-refractivity contribution in [2.45, 2.75) is 6.54 Å². The highest BCUT2D eigenvalue weighted by atomic mass is 16.2. The molecule has 0 fully saturated rings. The number of nitrogens with zero attached hydrogens (tertiary/aromatic N) is 2. The summed E-state index contributed by atoms with van der Waals surface area (Å²) >= 11 is 0. The predicted molar refractivity (Wildman–Crippen MR) is 69.6 cm³/mol.